The Morgan fingerprint density at radius 2 is 2.24 bits per heavy atom. The molecule has 0 saturated heterocycles. The van der Waals surface area contributed by atoms with Gasteiger partial charge in [0.25, 0.3) is 0 Å². The molecule has 0 aliphatic carbocycles. The molecule has 0 fully saturated rings. The molecular weight excluding hydrogens is 268 g/mol. The maximum Gasteiger partial charge on any atom is 0.133 e. The number of nitrogens with one attached hydrogen (secondary N) is 1. The summed E-state index contributed by atoms with van der Waals surface area (Å²) in [5.74, 6) is 0.849. The molecule has 1 aromatic carbocycles. The molecule has 6 heteroatoms. The van der Waals surface area contributed by atoms with E-state index in [0.29, 0.717) is 12.3 Å². The van der Waals surface area contributed by atoms with Gasteiger partial charge in [-0.25, -0.2) is 0 Å². The Kier molecular flexibility index (Phi) is 2.66. The number of aliphatic hydroxyl groups is 1. The van der Waals surface area contributed by atoms with Gasteiger partial charge in [-0.1, -0.05) is 6.07 Å². The van der Waals surface area contributed by atoms with Crippen LogP contribution in [0, 0.1) is 0 Å². The lowest BCUT2D eigenvalue weighted by atomic mass is 10.1. The molecule has 4 N–H and O–H groups in total. The molecule has 1 aliphatic rings. The van der Waals surface area contributed by atoms with Crippen molar-refractivity contribution in [3.63, 3.8) is 0 Å². The average molecular weight is 282 g/mol. The summed E-state index contributed by atoms with van der Waals surface area (Å²) in [5, 5.41) is 10.0. The molecule has 1 unspecified atom stereocenters. The molecule has 0 radical (unpaired) electrons. The van der Waals surface area contributed by atoms with Crippen LogP contribution in [0.25, 0.3) is 22.3 Å². The topological polar surface area (TPSA) is 97.0 Å². The number of H-pyrrole nitrogens is 1. The van der Waals surface area contributed by atoms with E-state index in [2.05, 4.69) is 15.0 Å². The first-order valence-electron chi connectivity index (χ1n) is 6.72. The fourth-order valence-corrected chi connectivity index (χ4v) is 2.62. The van der Waals surface area contributed by atoms with Crippen molar-refractivity contribution in [1.82, 2.24) is 15.0 Å². The Morgan fingerprint density at radius 3 is 3.00 bits per heavy atom. The third-order valence-corrected chi connectivity index (χ3v) is 3.73. The molecular formula is C15H14N4O2. The van der Waals surface area contributed by atoms with Crippen LogP contribution in [0.5, 0.6) is 5.75 Å². The molecule has 2 aromatic heterocycles. The standard InChI is InChI=1S/C15H14N4O2/c16-11-7-21-15-9(11)1-2-12-10(15)3-13(19-12)14-5-17-8(6-20)4-18-14/h1-5,11,19-20H,6-7,16H2. The molecule has 0 amide bonds. The summed E-state index contributed by atoms with van der Waals surface area (Å²) >= 11 is 0. The van der Waals surface area contributed by atoms with E-state index in [1.165, 1.54) is 0 Å². The van der Waals surface area contributed by atoms with Gasteiger partial charge in [-0.3, -0.25) is 9.97 Å². The highest BCUT2D eigenvalue weighted by atomic mass is 16.5. The number of fused-ring (bicyclic) bond motifs is 3. The zero-order valence-corrected chi connectivity index (χ0v) is 11.2. The first-order chi connectivity index (χ1) is 10.3. The van der Waals surface area contributed by atoms with Gasteiger partial charge in [0.1, 0.15) is 18.1 Å². The van der Waals surface area contributed by atoms with Crippen molar-refractivity contribution >= 4 is 10.9 Å². The molecule has 106 valence electrons. The Bertz CT molecular complexity index is 810. The van der Waals surface area contributed by atoms with Gasteiger partial charge in [-0.15, -0.1) is 0 Å². The van der Waals surface area contributed by atoms with Gasteiger partial charge in [-0.2, -0.15) is 0 Å². The maximum atomic E-state index is 9.01. The number of benzene rings is 1. The lowest BCUT2D eigenvalue weighted by Gasteiger charge is -2.00. The van der Waals surface area contributed by atoms with Crippen molar-refractivity contribution in [2.75, 3.05) is 6.61 Å². The van der Waals surface area contributed by atoms with E-state index in [4.69, 9.17) is 15.6 Å². The van der Waals surface area contributed by atoms with Crippen molar-refractivity contribution in [2.24, 2.45) is 5.73 Å². The van der Waals surface area contributed by atoms with Gasteiger partial charge in [-0.05, 0) is 12.1 Å². The molecule has 3 heterocycles. The highest BCUT2D eigenvalue weighted by Gasteiger charge is 2.23. The van der Waals surface area contributed by atoms with Crippen molar-refractivity contribution in [3.05, 3.63) is 41.9 Å². The van der Waals surface area contributed by atoms with E-state index in [9.17, 15) is 0 Å². The molecule has 4 rings (SSSR count). The zero-order chi connectivity index (χ0) is 14.4. The molecule has 1 aliphatic heterocycles. The number of nitrogens with two attached hydrogens (primary N) is 1. The van der Waals surface area contributed by atoms with Crippen LogP contribution in [0.2, 0.25) is 0 Å². The van der Waals surface area contributed by atoms with Gasteiger partial charge >= 0.3 is 0 Å². The van der Waals surface area contributed by atoms with Crippen molar-refractivity contribution < 1.29 is 9.84 Å². The van der Waals surface area contributed by atoms with Gasteiger partial charge < -0.3 is 20.6 Å². The minimum Gasteiger partial charge on any atom is -0.491 e. The molecule has 0 saturated carbocycles. The molecule has 1 atom stereocenters. The summed E-state index contributed by atoms with van der Waals surface area (Å²) in [7, 11) is 0. The second-order valence-corrected chi connectivity index (χ2v) is 5.10. The largest absolute Gasteiger partial charge is 0.491 e. The molecule has 21 heavy (non-hydrogen) atoms. The van der Waals surface area contributed by atoms with Gasteiger partial charge in [0.05, 0.1) is 36.4 Å². The van der Waals surface area contributed by atoms with Crippen LogP contribution in [-0.2, 0) is 6.61 Å². The van der Waals surface area contributed by atoms with Gasteiger partial charge in [0, 0.05) is 16.5 Å². The first kappa shape index (κ1) is 12.3. The van der Waals surface area contributed by atoms with Crippen molar-refractivity contribution in [1.29, 1.82) is 0 Å². The van der Waals surface area contributed by atoms with Gasteiger partial charge in [0.2, 0.25) is 0 Å². The molecule has 0 bridgehead atoms. The Balaban J connectivity index is 1.83. The molecule has 6 nitrogen and oxygen atoms in total. The van der Waals surface area contributed by atoms with E-state index < -0.39 is 0 Å². The Hall–Kier alpha value is -2.44. The summed E-state index contributed by atoms with van der Waals surface area (Å²) in [4.78, 5) is 11.8. The average Bonchev–Trinajstić information content (AvgIpc) is 3.11. The second kappa shape index (κ2) is 4.54. The SMILES string of the molecule is NC1COc2c1ccc1[nH]c(-c3cnc(CO)cn3)cc21. The number of nitrogens with zero attached hydrogens (tertiary/aromatic N) is 2. The summed E-state index contributed by atoms with van der Waals surface area (Å²) in [6.45, 7) is 0.402. The summed E-state index contributed by atoms with van der Waals surface area (Å²) < 4.78 is 5.70. The Morgan fingerprint density at radius 1 is 1.33 bits per heavy atom. The maximum absolute atomic E-state index is 9.01. The van der Waals surface area contributed by atoms with Crippen molar-refractivity contribution in [3.8, 4) is 17.1 Å². The Labute approximate surface area is 120 Å². The number of ether oxygens (including phenoxy) is 1. The second-order valence-electron chi connectivity index (χ2n) is 5.10. The third kappa shape index (κ3) is 1.88. The number of rotatable bonds is 2. The highest BCUT2D eigenvalue weighted by Crippen LogP contribution is 2.39. The monoisotopic (exact) mass is 282 g/mol. The lowest BCUT2D eigenvalue weighted by molar-refractivity contribution is 0.276. The van der Waals surface area contributed by atoms with E-state index >= 15 is 0 Å². The minimum atomic E-state index is -0.112. The van der Waals surface area contributed by atoms with Crippen LogP contribution in [0.4, 0.5) is 0 Å². The van der Waals surface area contributed by atoms with Crippen molar-refractivity contribution in [2.45, 2.75) is 12.6 Å². The summed E-state index contributed by atoms with van der Waals surface area (Å²) in [6.07, 6.45) is 3.21. The van der Waals surface area contributed by atoms with Crippen LogP contribution in [0.3, 0.4) is 0 Å². The number of aliphatic hydroxyl groups excluding tert-OH is 1. The quantitative estimate of drug-likeness (QED) is 0.662. The zero-order valence-electron chi connectivity index (χ0n) is 11.2. The smallest absolute Gasteiger partial charge is 0.133 e. The lowest BCUT2D eigenvalue weighted by Crippen LogP contribution is -2.10. The molecule has 0 spiro atoms. The van der Waals surface area contributed by atoms with Crippen LogP contribution >= 0.6 is 0 Å². The van der Waals surface area contributed by atoms with Crippen LogP contribution in [0.15, 0.2) is 30.6 Å². The fourth-order valence-electron chi connectivity index (χ4n) is 2.62. The number of hydrogen-bond acceptors (Lipinski definition) is 5. The van der Waals surface area contributed by atoms with Gasteiger partial charge in [0.15, 0.2) is 0 Å². The van der Waals surface area contributed by atoms with Crippen LogP contribution < -0.4 is 10.5 Å². The minimum absolute atomic E-state index is 0.0635. The number of aromatic amines is 1. The van der Waals surface area contributed by atoms with Crippen LogP contribution in [-0.4, -0.2) is 26.7 Å². The first-order valence-corrected chi connectivity index (χ1v) is 6.72. The van der Waals surface area contributed by atoms with E-state index in [1.807, 2.05) is 18.2 Å². The number of hydrogen-bond donors (Lipinski definition) is 3. The highest BCUT2D eigenvalue weighted by molar-refractivity contribution is 5.92. The number of aromatic nitrogens is 3. The van der Waals surface area contributed by atoms with Crippen LogP contribution in [0.1, 0.15) is 17.3 Å². The summed E-state index contributed by atoms with van der Waals surface area (Å²) in [6, 6.07) is 5.93. The normalized spacial score (nSPS) is 17.0. The van der Waals surface area contributed by atoms with E-state index in [-0.39, 0.29) is 12.6 Å². The molecule has 3 aromatic rings. The van der Waals surface area contributed by atoms with E-state index in [0.717, 1.165) is 33.6 Å². The van der Waals surface area contributed by atoms with E-state index in [1.54, 1.807) is 12.4 Å². The predicted molar refractivity (Wildman–Crippen MR) is 77.7 cm³/mol. The third-order valence-electron chi connectivity index (χ3n) is 3.73. The summed E-state index contributed by atoms with van der Waals surface area (Å²) in [5.41, 5.74) is 10.1. The predicted octanol–water partition coefficient (Wildman–Crippen LogP) is 1.51. The fraction of sp³-hybridized carbons (Fsp3) is 0.200.